The zero-order valence-corrected chi connectivity index (χ0v) is 29.7. The molecule has 0 aromatic rings. The van der Waals surface area contributed by atoms with Gasteiger partial charge in [0.1, 0.15) is 12.2 Å². The molecule has 1 saturated carbocycles. The maximum atomic E-state index is 12.3. The lowest BCUT2D eigenvalue weighted by Gasteiger charge is -2.29. The molecule has 0 amide bonds. The number of carbonyl (C=O) groups is 2. The van der Waals surface area contributed by atoms with Crippen LogP contribution >= 0.6 is 0 Å². The van der Waals surface area contributed by atoms with Crippen LogP contribution in [0.3, 0.4) is 0 Å². The first-order chi connectivity index (χ1) is 23.2. The summed E-state index contributed by atoms with van der Waals surface area (Å²) in [5, 5.41) is 10.9. The highest BCUT2D eigenvalue weighted by molar-refractivity contribution is 5.98. The van der Waals surface area contributed by atoms with Crippen molar-refractivity contribution in [2.45, 2.75) is 147 Å². The molecule has 0 aromatic carbocycles. The third-order valence-electron chi connectivity index (χ3n) is 11.8. The van der Waals surface area contributed by atoms with Crippen molar-refractivity contribution in [1.29, 1.82) is 0 Å². The van der Waals surface area contributed by atoms with Crippen LogP contribution in [-0.4, -0.2) is 66.3 Å². The number of hydrogen-bond donors (Lipinski definition) is 1. The number of aliphatic hydroxyl groups is 1. The van der Waals surface area contributed by atoms with Gasteiger partial charge in [0.15, 0.2) is 5.78 Å². The molecule has 0 bridgehead atoms. The van der Waals surface area contributed by atoms with Gasteiger partial charge in [0.05, 0.1) is 11.7 Å². The molecule has 0 aromatic heterocycles. The van der Waals surface area contributed by atoms with Crippen molar-refractivity contribution in [3.63, 3.8) is 0 Å². The summed E-state index contributed by atoms with van der Waals surface area (Å²) in [6.07, 6.45) is 25.6. The van der Waals surface area contributed by atoms with Crippen LogP contribution in [0.4, 0.5) is 0 Å². The summed E-state index contributed by atoms with van der Waals surface area (Å²) in [6.45, 7) is 14.1. The predicted molar refractivity (Wildman–Crippen MR) is 193 cm³/mol. The summed E-state index contributed by atoms with van der Waals surface area (Å²) in [5.41, 5.74) is 3.63. The van der Waals surface area contributed by atoms with E-state index in [9.17, 15) is 14.7 Å². The quantitative estimate of drug-likeness (QED) is 0.0705. The van der Waals surface area contributed by atoms with Crippen LogP contribution in [0.15, 0.2) is 57.6 Å². The van der Waals surface area contributed by atoms with Gasteiger partial charge in [-0.3, -0.25) is 14.8 Å². The number of allylic oxidation sites excluding steroid dienone is 5. The number of esters is 1. The van der Waals surface area contributed by atoms with Gasteiger partial charge in [-0.15, -0.1) is 0 Å². The van der Waals surface area contributed by atoms with Crippen LogP contribution in [0.5, 0.6) is 0 Å². The molecule has 2 heterocycles. The summed E-state index contributed by atoms with van der Waals surface area (Å²) in [5.74, 6) is 0.217. The van der Waals surface area contributed by atoms with Crippen molar-refractivity contribution in [2.75, 3.05) is 13.1 Å². The maximum Gasteiger partial charge on any atom is 0.334 e. The van der Waals surface area contributed by atoms with Crippen molar-refractivity contribution in [3.8, 4) is 0 Å². The first-order valence-corrected chi connectivity index (χ1v) is 19.0. The van der Waals surface area contributed by atoms with Crippen molar-refractivity contribution in [3.05, 3.63) is 47.6 Å². The first-order valence-electron chi connectivity index (χ1n) is 19.0. The number of unbranched alkanes of at least 4 members (excludes halogenated alkanes) is 7. The van der Waals surface area contributed by atoms with E-state index in [1.165, 1.54) is 49.7 Å². The number of aliphatic hydroxyl groups excluding tert-OH is 1. The Hall–Kier alpha value is -2.64. The molecule has 0 unspecified atom stereocenters. The molecule has 7 heteroatoms. The van der Waals surface area contributed by atoms with Gasteiger partial charge in [0.25, 0.3) is 0 Å². The van der Waals surface area contributed by atoms with Crippen LogP contribution < -0.4 is 0 Å². The Morgan fingerprint density at radius 2 is 1.44 bits per heavy atom. The lowest BCUT2D eigenvalue weighted by molar-refractivity contribution is -0.140. The molecule has 2 saturated heterocycles. The maximum absolute atomic E-state index is 12.3. The van der Waals surface area contributed by atoms with Crippen LogP contribution in [0.2, 0.25) is 0 Å². The summed E-state index contributed by atoms with van der Waals surface area (Å²) in [4.78, 5) is 34.0. The zero-order valence-electron chi connectivity index (χ0n) is 29.7. The standard InChI is InChI=1S/C41H60N2O5/c1-28-15-13-16-31(18-20-33-29(2)36(44)25-35(33)37(28)45)26-42-23-11-9-7-5-6-8-10-12-24-43-27-32-17-14-22-41(4)39(48-41)38-34(21-19-32)30(3)40(46)47-38/h16-17,26-28,33-35,37-39,45H,2-3,5-15,18-25H2,1,4H3/b31-16+,32-17+,42-26-,43-27-/t28-,33-,34-,35-,37+,38-,39-,41+/m0/s1. The molecular formula is C41H60N2O5. The molecule has 8 atom stereocenters. The third kappa shape index (κ3) is 9.53. The fourth-order valence-electron chi connectivity index (χ4n) is 8.40. The highest BCUT2D eigenvalue weighted by atomic mass is 16.6. The highest BCUT2D eigenvalue weighted by Gasteiger charge is 2.61. The number of Topliss-reactive ketones (excluding diaryl/α,β-unsaturated/α-hetero) is 1. The Morgan fingerprint density at radius 1 is 0.854 bits per heavy atom. The predicted octanol–water partition coefficient (Wildman–Crippen LogP) is 8.26. The summed E-state index contributed by atoms with van der Waals surface area (Å²) < 4.78 is 11.7. The Labute approximate surface area is 289 Å². The van der Waals surface area contributed by atoms with Crippen molar-refractivity contribution < 1.29 is 24.2 Å². The van der Waals surface area contributed by atoms with Gasteiger partial charge in [-0.25, -0.2) is 4.79 Å². The van der Waals surface area contributed by atoms with Crippen molar-refractivity contribution >= 4 is 24.2 Å². The summed E-state index contributed by atoms with van der Waals surface area (Å²) >= 11 is 0. The monoisotopic (exact) mass is 660 g/mol. The highest BCUT2D eigenvalue weighted by Crippen LogP contribution is 2.50. The minimum Gasteiger partial charge on any atom is -0.455 e. The molecule has 5 aliphatic rings. The molecule has 5 rings (SSSR count). The van der Waals surface area contributed by atoms with Gasteiger partial charge in [-0.05, 0) is 106 Å². The fraction of sp³-hybridized carbons (Fsp3) is 0.707. The molecular weight excluding hydrogens is 600 g/mol. The number of ether oxygens (including phenoxy) is 2. The van der Waals surface area contributed by atoms with E-state index >= 15 is 0 Å². The number of fused-ring (bicyclic) bond motifs is 4. The van der Waals surface area contributed by atoms with E-state index in [2.05, 4.69) is 51.6 Å². The van der Waals surface area contributed by atoms with Gasteiger partial charge < -0.3 is 14.6 Å². The number of aliphatic imine (C=N–C) groups is 2. The molecule has 3 fully saturated rings. The Bertz CT molecular complexity index is 1300. The Morgan fingerprint density at radius 3 is 2.08 bits per heavy atom. The van der Waals surface area contributed by atoms with Gasteiger partial charge >= 0.3 is 5.97 Å². The second-order valence-electron chi connectivity index (χ2n) is 15.4. The number of ketones is 1. The van der Waals surface area contributed by atoms with Crippen molar-refractivity contribution in [2.24, 2.45) is 33.7 Å². The fourth-order valence-corrected chi connectivity index (χ4v) is 8.40. The zero-order chi connectivity index (χ0) is 34.1. The van der Waals surface area contributed by atoms with E-state index in [-0.39, 0.29) is 53.2 Å². The molecule has 3 aliphatic carbocycles. The van der Waals surface area contributed by atoms with E-state index in [1.807, 2.05) is 0 Å². The third-order valence-corrected chi connectivity index (χ3v) is 11.8. The van der Waals surface area contributed by atoms with Gasteiger partial charge in [0.2, 0.25) is 0 Å². The number of epoxide rings is 1. The normalized spacial score (nSPS) is 36.6. The molecule has 1 N–H and O–H groups in total. The Kier molecular flexibility index (Phi) is 13.2. The van der Waals surface area contributed by atoms with E-state index in [1.54, 1.807) is 0 Å². The minimum absolute atomic E-state index is 0.00194. The molecule has 0 spiro atoms. The number of rotatable bonds is 13. The average molecular weight is 661 g/mol. The van der Waals surface area contributed by atoms with Crippen LogP contribution in [0, 0.1) is 23.7 Å². The molecule has 264 valence electrons. The topological polar surface area (TPSA) is 101 Å². The van der Waals surface area contributed by atoms with E-state index in [0.717, 1.165) is 77.3 Å². The van der Waals surface area contributed by atoms with Crippen LogP contribution in [-0.2, 0) is 19.1 Å². The smallest absolute Gasteiger partial charge is 0.334 e. The lowest BCUT2D eigenvalue weighted by Crippen LogP contribution is -2.31. The lowest BCUT2D eigenvalue weighted by atomic mass is 9.78. The second-order valence-corrected chi connectivity index (χ2v) is 15.4. The van der Waals surface area contributed by atoms with Crippen molar-refractivity contribution in [1.82, 2.24) is 0 Å². The molecule has 2 aliphatic heterocycles. The number of carbonyl (C=O) groups excluding carboxylic acids is 2. The van der Waals surface area contributed by atoms with E-state index in [4.69, 9.17) is 19.5 Å². The average Bonchev–Trinajstić information content (AvgIpc) is 3.54. The largest absolute Gasteiger partial charge is 0.455 e. The van der Waals surface area contributed by atoms with E-state index < -0.39 is 6.10 Å². The SMILES string of the molecule is C=C1C(=O)C[C@@H]2[C@H](O)[C@@H](C)CC/C=C(/C=N\CCCCCCCCCC/N=C\C3=C\CC[C@@]4(C)O[C@H]4[C@H]4OC(=O)C(=C)[C@@H]4CC3)CC[C@@H]12. The van der Waals surface area contributed by atoms with E-state index in [0.29, 0.717) is 17.6 Å². The molecule has 0 radical (unpaired) electrons. The summed E-state index contributed by atoms with van der Waals surface area (Å²) in [6, 6.07) is 0. The van der Waals surface area contributed by atoms with Crippen LogP contribution in [0.25, 0.3) is 0 Å². The summed E-state index contributed by atoms with van der Waals surface area (Å²) in [7, 11) is 0. The van der Waals surface area contributed by atoms with Gasteiger partial charge in [-0.2, -0.15) is 0 Å². The van der Waals surface area contributed by atoms with Gasteiger partial charge in [-0.1, -0.05) is 70.8 Å². The Balaban J connectivity index is 0.909. The molecule has 7 nitrogen and oxygen atoms in total. The van der Waals surface area contributed by atoms with Crippen LogP contribution in [0.1, 0.15) is 123 Å². The second kappa shape index (κ2) is 17.3. The number of hydrogen-bond acceptors (Lipinski definition) is 7. The first kappa shape index (κ1) is 36.6. The van der Waals surface area contributed by atoms with Gasteiger partial charge in [0, 0.05) is 43.4 Å². The molecule has 48 heavy (non-hydrogen) atoms. The number of nitrogens with zero attached hydrogens (tertiary/aromatic N) is 2. The minimum atomic E-state index is -0.421.